The van der Waals surface area contributed by atoms with Crippen LogP contribution in [0.25, 0.3) is 16.5 Å². The SMILES string of the molecule is C=Cc1ccccc1.CC.CC.CC1=CCOC1=O.CC1CCO1.CC1CO1.CC1COC1.CN1CC1.CN1CCC1.CN=[N+]=[N-].c1ccc2c(c1)CC2. The fourth-order valence-corrected chi connectivity index (χ4v) is 3.54. The van der Waals surface area contributed by atoms with Crippen LogP contribution in [0, 0.1) is 5.92 Å². The number of cyclic esters (lactones) is 1. The van der Waals surface area contributed by atoms with E-state index in [1.807, 2.05) is 64.1 Å². The number of rotatable bonds is 1. The molecule has 0 spiro atoms. The quantitative estimate of drug-likeness (QED) is 0.0937. The molecule has 2 aromatic rings. The highest BCUT2D eigenvalue weighted by Gasteiger charge is 2.13. The van der Waals surface area contributed by atoms with Gasteiger partial charge in [-0.3, -0.25) is 0 Å². The van der Waals surface area contributed by atoms with Crippen molar-refractivity contribution >= 4 is 12.0 Å². The third-order valence-corrected chi connectivity index (χ3v) is 7.81. The van der Waals surface area contributed by atoms with Crippen molar-refractivity contribution in [2.45, 2.75) is 93.3 Å². The van der Waals surface area contributed by atoms with Crippen LogP contribution in [0.3, 0.4) is 0 Å². The Morgan fingerprint density at radius 2 is 1.20 bits per heavy atom. The van der Waals surface area contributed by atoms with E-state index in [-0.39, 0.29) is 5.97 Å². The van der Waals surface area contributed by atoms with Crippen LogP contribution in [0.1, 0.15) is 84.9 Å². The number of hydrogen-bond donors (Lipinski definition) is 0. The first-order valence-corrected chi connectivity index (χ1v) is 19.8. The molecule has 2 aromatic carbocycles. The lowest BCUT2D eigenvalue weighted by molar-refractivity contribution is -0.135. The molecule has 1 aliphatic carbocycles. The van der Waals surface area contributed by atoms with Crippen LogP contribution >= 0.6 is 0 Å². The van der Waals surface area contributed by atoms with Crippen LogP contribution in [0.4, 0.5) is 0 Å². The van der Waals surface area contributed by atoms with Gasteiger partial charge in [-0.25, -0.2) is 4.79 Å². The fraction of sp³-hybridized carbons (Fsp3) is 0.614. The van der Waals surface area contributed by atoms with Crippen LogP contribution in [0.2, 0.25) is 0 Å². The van der Waals surface area contributed by atoms with Crippen molar-refractivity contribution in [3.8, 4) is 0 Å². The summed E-state index contributed by atoms with van der Waals surface area (Å²) in [6.07, 6.45) is 10.0. The maximum absolute atomic E-state index is 10.3. The number of likely N-dealkylation sites (N-methyl/N-ethyl adjacent to an activating group) is 1. The number of azide groups is 1. The van der Waals surface area contributed by atoms with Crippen LogP contribution in [0.15, 0.2) is 77.9 Å². The minimum absolute atomic E-state index is 0.181. The molecule has 6 aliphatic heterocycles. The van der Waals surface area contributed by atoms with Gasteiger partial charge in [-0.1, -0.05) is 107 Å². The minimum atomic E-state index is -0.181. The van der Waals surface area contributed by atoms with E-state index in [0.717, 1.165) is 37.9 Å². The van der Waals surface area contributed by atoms with E-state index in [1.165, 1.54) is 64.5 Å². The van der Waals surface area contributed by atoms with Gasteiger partial charge >= 0.3 is 5.97 Å². The number of carbonyl (C=O) groups is 1. The highest BCUT2D eigenvalue weighted by molar-refractivity contribution is 5.89. The monoisotopic (exact) mass is 754 g/mol. The Morgan fingerprint density at radius 1 is 0.815 bits per heavy atom. The van der Waals surface area contributed by atoms with E-state index in [2.05, 4.69) is 90.3 Å². The third kappa shape index (κ3) is 33.1. The van der Waals surface area contributed by atoms with Crippen LogP contribution in [0.5, 0.6) is 0 Å². The van der Waals surface area contributed by atoms with E-state index in [1.54, 1.807) is 24.1 Å². The van der Waals surface area contributed by atoms with Gasteiger partial charge in [0.05, 0.1) is 32.0 Å². The lowest BCUT2D eigenvalue weighted by Crippen LogP contribution is -2.32. The van der Waals surface area contributed by atoms with Gasteiger partial charge in [-0.15, -0.1) is 0 Å². The average Bonchev–Trinajstić information content (AvgIpc) is 4.11. The molecule has 9 rings (SSSR count). The molecule has 6 heterocycles. The maximum atomic E-state index is 10.3. The zero-order valence-corrected chi connectivity index (χ0v) is 35.8. The van der Waals surface area contributed by atoms with Crippen molar-refractivity contribution in [1.29, 1.82) is 0 Å². The number of ether oxygens (including phenoxy) is 4. The van der Waals surface area contributed by atoms with Gasteiger partial charge in [0, 0.05) is 43.1 Å². The smallest absolute Gasteiger partial charge is 0.333 e. The topological polar surface area (TPSA) is 112 Å². The summed E-state index contributed by atoms with van der Waals surface area (Å²) in [6.45, 7) is 29.4. The molecule has 10 heteroatoms. The largest absolute Gasteiger partial charge is 0.458 e. The Morgan fingerprint density at radius 3 is 1.31 bits per heavy atom. The van der Waals surface area contributed by atoms with Gasteiger partial charge in [0.25, 0.3) is 0 Å². The van der Waals surface area contributed by atoms with Crippen molar-refractivity contribution in [2.24, 2.45) is 11.0 Å². The summed E-state index contributed by atoms with van der Waals surface area (Å²) in [7, 11) is 5.64. The first-order valence-electron chi connectivity index (χ1n) is 19.8. The van der Waals surface area contributed by atoms with Crippen molar-refractivity contribution in [1.82, 2.24) is 9.80 Å². The molecule has 306 valence electrons. The predicted molar refractivity (Wildman–Crippen MR) is 228 cm³/mol. The van der Waals surface area contributed by atoms with Crippen molar-refractivity contribution in [3.63, 3.8) is 0 Å². The Bertz CT molecular complexity index is 1190. The summed E-state index contributed by atoms with van der Waals surface area (Å²) in [5.41, 5.74) is 12.3. The molecule has 5 saturated heterocycles. The normalized spacial score (nSPS) is 19.5. The molecule has 0 aromatic heterocycles. The van der Waals surface area contributed by atoms with Gasteiger partial charge in [-0.2, -0.15) is 0 Å². The maximum Gasteiger partial charge on any atom is 0.333 e. The number of fused-ring (bicyclic) bond motifs is 1. The van der Waals surface area contributed by atoms with E-state index in [0.29, 0.717) is 18.8 Å². The van der Waals surface area contributed by atoms with Crippen LogP contribution in [-0.4, -0.2) is 108 Å². The van der Waals surface area contributed by atoms with Gasteiger partial charge in [0.2, 0.25) is 0 Å². The van der Waals surface area contributed by atoms with E-state index in [4.69, 9.17) is 19.7 Å². The lowest BCUT2D eigenvalue weighted by Gasteiger charge is -2.24. The molecule has 0 bridgehead atoms. The van der Waals surface area contributed by atoms with E-state index in [9.17, 15) is 4.79 Å². The number of epoxide rings is 1. The number of aryl methyl sites for hydroxylation is 2. The van der Waals surface area contributed by atoms with Gasteiger partial charge in [0.1, 0.15) is 6.61 Å². The summed E-state index contributed by atoms with van der Waals surface area (Å²) in [4.78, 5) is 17.2. The molecular weight excluding hydrogens is 679 g/mol. The Balaban J connectivity index is 0. The first kappa shape index (κ1) is 52.6. The zero-order chi connectivity index (χ0) is 41.0. The molecule has 0 N–H and O–H groups in total. The molecule has 0 radical (unpaired) electrons. The minimum Gasteiger partial charge on any atom is -0.458 e. The molecule has 10 nitrogen and oxygen atoms in total. The highest BCUT2D eigenvalue weighted by atomic mass is 16.6. The number of esters is 1. The number of likely N-dealkylation sites (tertiary alicyclic amines) is 1. The Labute approximate surface area is 329 Å². The summed E-state index contributed by atoms with van der Waals surface area (Å²) in [5.74, 6) is 0.662. The third-order valence-electron chi connectivity index (χ3n) is 7.81. The number of nitrogens with zero attached hydrogens (tertiary/aromatic N) is 5. The van der Waals surface area contributed by atoms with Gasteiger partial charge in [0.15, 0.2) is 0 Å². The number of benzene rings is 2. The van der Waals surface area contributed by atoms with Crippen molar-refractivity contribution in [2.75, 3.05) is 80.4 Å². The summed E-state index contributed by atoms with van der Waals surface area (Å²) in [6, 6.07) is 18.7. The van der Waals surface area contributed by atoms with Crippen molar-refractivity contribution < 1.29 is 23.7 Å². The molecule has 2 atom stereocenters. The predicted octanol–water partition coefficient (Wildman–Crippen LogP) is 9.69. The molecule has 7 aliphatic rings. The highest BCUT2D eigenvalue weighted by Crippen LogP contribution is 2.20. The number of carbonyl (C=O) groups excluding carboxylic acids is 1. The number of hydrogen-bond acceptors (Lipinski definition) is 8. The Hall–Kier alpha value is -3.50. The lowest BCUT2D eigenvalue weighted by atomic mass is 9.89. The van der Waals surface area contributed by atoms with E-state index >= 15 is 0 Å². The summed E-state index contributed by atoms with van der Waals surface area (Å²) >= 11 is 0. The summed E-state index contributed by atoms with van der Waals surface area (Å²) < 4.78 is 19.0. The fourth-order valence-electron chi connectivity index (χ4n) is 3.54. The molecular formula is C44H75N5O5. The molecule has 0 saturated carbocycles. The van der Waals surface area contributed by atoms with Crippen LogP contribution in [-0.2, 0) is 36.6 Å². The molecule has 2 unspecified atom stereocenters. The van der Waals surface area contributed by atoms with Gasteiger partial charge in [-0.05, 0) is 102 Å². The second-order valence-electron chi connectivity index (χ2n) is 12.9. The standard InChI is InChI=1S/2C8H8.C5H6O2.C4H9N.2C4H8O.C3H7N.C3H6O.2C2H6.CH3N3/c1-2-4-8-6-5-7(8)3-1;1-2-8-6-4-3-5-7-8;1-4-2-3-7-5(4)6;1-5-3-2-4-5;1-4-2-5-3-4;1-4-2-3-5-4;1-4-2-3-4;1-3-2-4-3;2*1-2;1-3-4-2/h1-4H,5-6H2;2-7H,1H2;2H,3H2,1H3;2-4H2,1H3;2*4H,2-3H2,1H3;2-3H2,1H3;3H,2H2,1H3;2*1-2H3;1H3. The second-order valence-corrected chi connectivity index (χ2v) is 12.9. The van der Waals surface area contributed by atoms with Crippen LogP contribution < -0.4 is 0 Å². The first-order chi connectivity index (χ1) is 26.1. The van der Waals surface area contributed by atoms with Gasteiger partial charge < -0.3 is 28.7 Å². The molecule has 5 fully saturated rings. The molecule has 0 amide bonds. The second kappa shape index (κ2) is 36.5. The Kier molecular flexibility index (Phi) is 35.5. The van der Waals surface area contributed by atoms with E-state index < -0.39 is 0 Å². The summed E-state index contributed by atoms with van der Waals surface area (Å²) in [5, 5.41) is 2.92. The average molecular weight is 754 g/mol. The van der Waals surface area contributed by atoms with Crippen molar-refractivity contribution in [3.05, 3.63) is 100.0 Å². The zero-order valence-electron chi connectivity index (χ0n) is 35.8. The molecule has 54 heavy (non-hydrogen) atoms.